The van der Waals surface area contributed by atoms with Crippen LogP contribution in [0.2, 0.25) is 0 Å². The fraction of sp³-hybridized carbons (Fsp3) is 0. The Hall–Kier alpha value is -5.20. The summed E-state index contributed by atoms with van der Waals surface area (Å²) in [6.45, 7) is 0. The molecule has 0 aliphatic carbocycles. The molecule has 0 spiro atoms. The third-order valence-electron chi connectivity index (χ3n) is 6.98. The molecule has 0 saturated carbocycles. The van der Waals surface area contributed by atoms with Crippen molar-refractivity contribution in [3.63, 3.8) is 0 Å². The lowest BCUT2D eigenvalue weighted by Gasteiger charge is -2.09. The Morgan fingerprint density at radius 3 is 2.00 bits per heavy atom. The van der Waals surface area contributed by atoms with Crippen molar-refractivity contribution in [2.24, 2.45) is 0 Å². The molecule has 5 aromatic carbocycles. The fourth-order valence-corrected chi connectivity index (χ4v) is 6.08. The molecule has 3 aromatic heterocycles. The average molecular weight is 533 g/mol. The smallest absolute Gasteiger partial charge is 0.164 e. The van der Waals surface area contributed by atoms with E-state index in [1.54, 1.807) is 11.3 Å². The zero-order valence-corrected chi connectivity index (χ0v) is 22.0. The van der Waals surface area contributed by atoms with Crippen molar-refractivity contribution in [2.45, 2.75) is 0 Å². The first-order valence-corrected chi connectivity index (χ1v) is 13.8. The Labute approximate surface area is 233 Å². The van der Waals surface area contributed by atoms with E-state index in [0.717, 1.165) is 59.4 Å². The molecule has 8 aromatic rings. The van der Waals surface area contributed by atoms with E-state index in [9.17, 15) is 0 Å². The Morgan fingerprint density at radius 1 is 0.500 bits per heavy atom. The number of hydrogen-bond acceptors (Lipinski definition) is 6. The van der Waals surface area contributed by atoms with Gasteiger partial charge in [0.25, 0.3) is 0 Å². The van der Waals surface area contributed by atoms with Crippen molar-refractivity contribution < 1.29 is 4.42 Å². The van der Waals surface area contributed by atoms with Crippen LogP contribution in [0.25, 0.3) is 76.9 Å². The first kappa shape index (κ1) is 22.8. The summed E-state index contributed by atoms with van der Waals surface area (Å²) >= 11 is 1.67. The highest BCUT2D eigenvalue weighted by Gasteiger charge is 2.18. The van der Waals surface area contributed by atoms with E-state index in [2.05, 4.69) is 30.3 Å². The second-order valence-corrected chi connectivity index (χ2v) is 10.5. The SMILES string of the molecule is c1ccc(-c2nc(-c3ccc4nc(-c5ccccc5)sc4c3)nc(-c3cccc4oc5ccccc5c34)n2)cc1. The highest BCUT2D eigenvalue weighted by Crippen LogP contribution is 2.37. The van der Waals surface area contributed by atoms with Crippen LogP contribution in [0.1, 0.15) is 0 Å². The Morgan fingerprint density at radius 2 is 1.18 bits per heavy atom. The Balaban J connectivity index is 1.33. The van der Waals surface area contributed by atoms with Gasteiger partial charge in [-0.15, -0.1) is 11.3 Å². The number of aromatic nitrogens is 4. The number of fused-ring (bicyclic) bond motifs is 4. The molecule has 0 atom stereocenters. The number of hydrogen-bond donors (Lipinski definition) is 0. The van der Waals surface area contributed by atoms with E-state index >= 15 is 0 Å². The van der Waals surface area contributed by atoms with E-state index in [-0.39, 0.29) is 0 Å². The second-order valence-electron chi connectivity index (χ2n) is 9.52. The van der Waals surface area contributed by atoms with Gasteiger partial charge < -0.3 is 4.42 Å². The molecule has 0 bridgehead atoms. The molecule has 5 nitrogen and oxygen atoms in total. The van der Waals surface area contributed by atoms with E-state index in [1.807, 2.05) is 91.0 Å². The summed E-state index contributed by atoms with van der Waals surface area (Å²) in [6, 6.07) is 40.6. The fourth-order valence-electron chi connectivity index (χ4n) is 5.07. The lowest BCUT2D eigenvalue weighted by molar-refractivity contribution is 0.669. The normalized spacial score (nSPS) is 11.5. The molecule has 0 aliphatic heterocycles. The molecular formula is C34H20N4OS. The van der Waals surface area contributed by atoms with Crippen molar-refractivity contribution in [1.29, 1.82) is 0 Å². The minimum atomic E-state index is 0.607. The van der Waals surface area contributed by atoms with Crippen molar-refractivity contribution >= 4 is 43.5 Å². The first-order chi connectivity index (χ1) is 19.8. The lowest BCUT2D eigenvalue weighted by atomic mass is 10.1. The molecule has 0 fully saturated rings. The zero-order valence-electron chi connectivity index (χ0n) is 21.2. The van der Waals surface area contributed by atoms with Gasteiger partial charge in [0.2, 0.25) is 0 Å². The van der Waals surface area contributed by atoms with Crippen molar-refractivity contribution in [3.05, 3.63) is 121 Å². The first-order valence-electron chi connectivity index (χ1n) is 13.0. The van der Waals surface area contributed by atoms with Gasteiger partial charge in [0.15, 0.2) is 17.5 Å². The highest BCUT2D eigenvalue weighted by atomic mass is 32.1. The van der Waals surface area contributed by atoms with Crippen molar-refractivity contribution in [3.8, 4) is 44.7 Å². The summed E-state index contributed by atoms with van der Waals surface area (Å²) < 4.78 is 7.24. The predicted molar refractivity (Wildman–Crippen MR) is 162 cm³/mol. The second kappa shape index (κ2) is 9.22. The molecule has 0 saturated heterocycles. The summed E-state index contributed by atoms with van der Waals surface area (Å²) in [5.74, 6) is 1.85. The molecule has 0 N–H and O–H groups in total. The van der Waals surface area contributed by atoms with E-state index in [0.29, 0.717) is 17.5 Å². The number of benzene rings is 5. The zero-order chi connectivity index (χ0) is 26.5. The number of para-hydroxylation sites is 1. The third-order valence-corrected chi connectivity index (χ3v) is 8.05. The largest absolute Gasteiger partial charge is 0.456 e. The highest BCUT2D eigenvalue weighted by molar-refractivity contribution is 7.21. The molecule has 0 radical (unpaired) electrons. The maximum atomic E-state index is 6.15. The molecule has 0 amide bonds. The average Bonchev–Trinajstić information content (AvgIpc) is 3.63. The van der Waals surface area contributed by atoms with Gasteiger partial charge >= 0.3 is 0 Å². The minimum absolute atomic E-state index is 0.607. The van der Waals surface area contributed by atoms with Crippen LogP contribution in [0, 0.1) is 0 Å². The van der Waals surface area contributed by atoms with Crippen molar-refractivity contribution in [1.82, 2.24) is 19.9 Å². The van der Waals surface area contributed by atoms with E-state index in [1.165, 1.54) is 0 Å². The molecule has 0 unspecified atom stereocenters. The van der Waals surface area contributed by atoms with Crippen LogP contribution in [0.5, 0.6) is 0 Å². The van der Waals surface area contributed by atoms with Crippen LogP contribution < -0.4 is 0 Å². The summed E-state index contributed by atoms with van der Waals surface area (Å²) in [7, 11) is 0. The molecule has 40 heavy (non-hydrogen) atoms. The maximum absolute atomic E-state index is 6.15. The topological polar surface area (TPSA) is 64.7 Å². The third kappa shape index (κ3) is 3.85. The Bertz CT molecular complexity index is 2170. The van der Waals surface area contributed by atoms with Crippen molar-refractivity contribution in [2.75, 3.05) is 0 Å². The minimum Gasteiger partial charge on any atom is -0.456 e. The van der Waals surface area contributed by atoms with Gasteiger partial charge in [0.05, 0.1) is 10.2 Å². The number of rotatable bonds is 4. The van der Waals surface area contributed by atoms with Gasteiger partial charge in [-0.05, 0) is 30.3 Å². The molecule has 0 aliphatic rings. The number of furan rings is 1. The summed E-state index contributed by atoms with van der Waals surface area (Å²) in [5.41, 5.74) is 6.48. The van der Waals surface area contributed by atoms with Gasteiger partial charge in [-0.1, -0.05) is 91.0 Å². The number of thiazole rings is 1. The summed E-state index contributed by atoms with van der Waals surface area (Å²) in [5, 5.41) is 3.03. The monoisotopic (exact) mass is 532 g/mol. The van der Waals surface area contributed by atoms with Gasteiger partial charge in [-0.25, -0.2) is 19.9 Å². The van der Waals surface area contributed by atoms with Crippen LogP contribution in [0.4, 0.5) is 0 Å². The lowest BCUT2D eigenvalue weighted by Crippen LogP contribution is -2.00. The summed E-state index contributed by atoms with van der Waals surface area (Å²) in [6.07, 6.45) is 0. The van der Waals surface area contributed by atoms with E-state index in [4.69, 9.17) is 24.4 Å². The Kier molecular flexibility index (Phi) is 5.24. The predicted octanol–water partition coefficient (Wildman–Crippen LogP) is 9.05. The van der Waals surface area contributed by atoms with Crippen LogP contribution in [0.15, 0.2) is 126 Å². The van der Waals surface area contributed by atoms with Crippen LogP contribution >= 0.6 is 11.3 Å². The van der Waals surface area contributed by atoms with E-state index < -0.39 is 0 Å². The van der Waals surface area contributed by atoms with Gasteiger partial charge in [0, 0.05) is 33.0 Å². The molecule has 3 heterocycles. The van der Waals surface area contributed by atoms with Gasteiger partial charge in [0.1, 0.15) is 16.2 Å². The summed E-state index contributed by atoms with van der Waals surface area (Å²) in [4.78, 5) is 19.8. The van der Waals surface area contributed by atoms with Gasteiger partial charge in [-0.2, -0.15) is 0 Å². The molecule has 8 rings (SSSR count). The number of nitrogens with zero attached hydrogens (tertiary/aromatic N) is 4. The van der Waals surface area contributed by atoms with Crippen LogP contribution in [-0.2, 0) is 0 Å². The molecular weight excluding hydrogens is 512 g/mol. The van der Waals surface area contributed by atoms with Crippen LogP contribution in [0.3, 0.4) is 0 Å². The quantitative estimate of drug-likeness (QED) is 0.226. The molecule has 6 heteroatoms. The van der Waals surface area contributed by atoms with Gasteiger partial charge in [-0.3, -0.25) is 0 Å². The maximum Gasteiger partial charge on any atom is 0.164 e. The standard InChI is InChI=1S/C34H20N4OS/c1-3-10-21(11-4-1)31-36-32(23-18-19-26-29(20-23)40-34(35-26)22-12-5-2-6-13-22)38-33(37-31)25-15-9-17-28-30(25)24-14-7-8-16-27(24)39-28/h1-20H. The molecule has 188 valence electrons. The van der Waals surface area contributed by atoms with Crippen LogP contribution in [-0.4, -0.2) is 19.9 Å².